The Labute approximate surface area is 85.7 Å². The summed E-state index contributed by atoms with van der Waals surface area (Å²) >= 11 is 0. The van der Waals surface area contributed by atoms with E-state index in [0.29, 0.717) is 12.7 Å². The Morgan fingerprint density at radius 2 is 2.07 bits per heavy atom. The average Bonchev–Trinajstić information content (AvgIpc) is 2.25. The predicted octanol–water partition coefficient (Wildman–Crippen LogP) is 1.86. The Morgan fingerprint density at radius 1 is 1.36 bits per heavy atom. The Balaban J connectivity index is 2.03. The molecule has 0 radical (unpaired) electrons. The van der Waals surface area contributed by atoms with Crippen LogP contribution in [0.1, 0.15) is 32.1 Å². The topological polar surface area (TPSA) is 38.7 Å². The highest BCUT2D eigenvalue weighted by Crippen LogP contribution is 2.20. The van der Waals surface area contributed by atoms with Crippen LogP contribution in [-0.4, -0.2) is 30.7 Å². The van der Waals surface area contributed by atoms with E-state index >= 15 is 0 Å². The van der Waals surface area contributed by atoms with E-state index in [2.05, 4.69) is 6.58 Å². The predicted molar refractivity (Wildman–Crippen MR) is 55.0 cm³/mol. The Kier molecular flexibility index (Phi) is 5.83. The lowest BCUT2D eigenvalue weighted by Crippen LogP contribution is -2.25. The normalized spacial score (nSPS) is 20.6. The van der Waals surface area contributed by atoms with Gasteiger partial charge in [0.25, 0.3) is 0 Å². The van der Waals surface area contributed by atoms with Crippen LogP contribution < -0.4 is 0 Å². The number of aliphatic hydroxyl groups excluding tert-OH is 1. The van der Waals surface area contributed by atoms with E-state index in [-0.39, 0.29) is 6.61 Å². The zero-order valence-corrected chi connectivity index (χ0v) is 8.65. The summed E-state index contributed by atoms with van der Waals surface area (Å²) in [6.07, 6.45) is 7.17. The maximum Gasteiger partial charge on any atom is 0.178 e. The SMILES string of the molecule is C=CCOC(O)COC1CCCCC1. The number of hydrogen-bond donors (Lipinski definition) is 1. The monoisotopic (exact) mass is 200 g/mol. The van der Waals surface area contributed by atoms with Crippen LogP contribution in [0.15, 0.2) is 12.7 Å². The highest BCUT2D eigenvalue weighted by Gasteiger charge is 2.15. The summed E-state index contributed by atoms with van der Waals surface area (Å²) in [5.74, 6) is 0. The van der Waals surface area contributed by atoms with Gasteiger partial charge in [-0.2, -0.15) is 0 Å². The average molecular weight is 200 g/mol. The van der Waals surface area contributed by atoms with Gasteiger partial charge in [0, 0.05) is 0 Å². The fourth-order valence-electron chi connectivity index (χ4n) is 1.68. The standard InChI is InChI=1S/C11H20O3/c1-2-8-13-11(12)9-14-10-6-4-3-5-7-10/h2,10-12H,1,3-9H2. The van der Waals surface area contributed by atoms with Crippen molar-refractivity contribution in [3.05, 3.63) is 12.7 Å². The van der Waals surface area contributed by atoms with E-state index in [4.69, 9.17) is 9.47 Å². The number of aliphatic hydroxyl groups is 1. The smallest absolute Gasteiger partial charge is 0.178 e. The molecule has 82 valence electrons. The first-order valence-electron chi connectivity index (χ1n) is 5.35. The van der Waals surface area contributed by atoms with Crippen molar-refractivity contribution in [3.8, 4) is 0 Å². The highest BCUT2D eigenvalue weighted by atomic mass is 16.6. The van der Waals surface area contributed by atoms with Gasteiger partial charge in [0.05, 0.1) is 19.3 Å². The van der Waals surface area contributed by atoms with Gasteiger partial charge in [-0.25, -0.2) is 0 Å². The van der Waals surface area contributed by atoms with Gasteiger partial charge in [-0.3, -0.25) is 0 Å². The summed E-state index contributed by atoms with van der Waals surface area (Å²) < 4.78 is 10.5. The molecule has 1 saturated carbocycles. The van der Waals surface area contributed by atoms with Crippen molar-refractivity contribution in [1.82, 2.24) is 0 Å². The molecule has 14 heavy (non-hydrogen) atoms. The molecule has 3 nitrogen and oxygen atoms in total. The van der Waals surface area contributed by atoms with Crippen LogP contribution in [0.5, 0.6) is 0 Å². The summed E-state index contributed by atoms with van der Waals surface area (Å²) in [5.41, 5.74) is 0. The van der Waals surface area contributed by atoms with Gasteiger partial charge >= 0.3 is 0 Å². The zero-order valence-electron chi connectivity index (χ0n) is 8.65. The molecule has 0 spiro atoms. The fourth-order valence-corrected chi connectivity index (χ4v) is 1.68. The fraction of sp³-hybridized carbons (Fsp3) is 0.818. The van der Waals surface area contributed by atoms with Crippen LogP contribution >= 0.6 is 0 Å². The first-order valence-corrected chi connectivity index (χ1v) is 5.35. The molecule has 1 atom stereocenters. The summed E-state index contributed by atoms with van der Waals surface area (Å²) in [7, 11) is 0. The van der Waals surface area contributed by atoms with E-state index < -0.39 is 6.29 Å². The van der Waals surface area contributed by atoms with Crippen LogP contribution in [0.4, 0.5) is 0 Å². The first-order chi connectivity index (χ1) is 6.83. The molecule has 0 amide bonds. The molecule has 0 saturated heterocycles. The molecule has 0 heterocycles. The molecule has 1 N–H and O–H groups in total. The van der Waals surface area contributed by atoms with Crippen LogP contribution in [-0.2, 0) is 9.47 Å². The van der Waals surface area contributed by atoms with Gasteiger partial charge in [-0.1, -0.05) is 25.3 Å². The van der Waals surface area contributed by atoms with E-state index in [1.54, 1.807) is 6.08 Å². The van der Waals surface area contributed by atoms with Crippen molar-refractivity contribution in [2.24, 2.45) is 0 Å². The van der Waals surface area contributed by atoms with Crippen molar-refractivity contribution in [2.75, 3.05) is 13.2 Å². The molecule has 1 unspecified atom stereocenters. The highest BCUT2D eigenvalue weighted by molar-refractivity contribution is 4.66. The molecule has 0 aromatic carbocycles. The van der Waals surface area contributed by atoms with Crippen molar-refractivity contribution in [2.45, 2.75) is 44.5 Å². The van der Waals surface area contributed by atoms with Gasteiger partial charge < -0.3 is 14.6 Å². The molecule has 1 rings (SSSR count). The molecule has 1 aliphatic rings. The third kappa shape index (κ3) is 4.74. The molecule has 3 heteroatoms. The van der Waals surface area contributed by atoms with Gasteiger partial charge in [0.15, 0.2) is 6.29 Å². The van der Waals surface area contributed by atoms with Crippen LogP contribution in [0, 0.1) is 0 Å². The van der Waals surface area contributed by atoms with E-state index in [0.717, 1.165) is 12.8 Å². The largest absolute Gasteiger partial charge is 0.373 e. The van der Waals surface area contributed by atoms with Crippen molar-refractivity contribution < 1.29 is 14.6 Å². The minimum Gasteiger partial charge on any atom is -0.373 e. The summed E-state index contributed by atoms with van der Waals surface area (Å²) in [4.78, 5) is 0. The van der Waals surface area contributed by atoms with Crippen LogP contribution in [0.25, 0.3) is 0 Å². The van der Waals surface area contributed by atoms with Crippen molar-refractivity contribution in [3.63, 3.8) is 0 Å². The third-order valence-electron chi connectivity index (χ3n) is 2.43. The Morgan fingerprint density at radius 3 is 2.71 bits per heavy atom. The summed E-state index contributed by atoms with van der Waals surface area (Å²) in [6, 6.07) is 0. The van der Waals surface area contributed by atoms with Crippen molar-refractivity contribution >= 4 is 0 Å². The number of ether oxygens (including phenoxy) is 2. The third-order valence-corrected chi connectivity index (χ3v) is 2.43. The minimum atomic E-state index is -0.810. The zero-order chi connectivity index (χ0) is 10.2. The van der Waals surface area contributed by atoms with Gasteiger partial charge in [-0.05, 0) is 12.8 Å². The molecule has 1 aliphatic carbocycles. The summed E-state index contributed by atoms with van der Waals surface area (Å²) in [5, 5.41) is 9.32. The number of hydrogen-bond acceptors (Lipinski definition) is 3. The molecule has 0 aromatic rings. The molecular formula is C11H20O3. The lowest BCUT2D eigenvalue weighted by molar-refractivity contribution is -0.145. The van der Waals surface area contributed by atoms with Gasteiger partial charge in [0.1, 0.15) is 0 Å². The maximum atomic E-state index is 9.32. The molecule has 0 bridgehead atoms. The maximum absolute atomic E-state index is 9.32. The molecular weight excluding hydrogens is 180 g/mol. The van der Waals surface area contributed by atoms with Crippen molar-refractivity contribution in [1.29, 1.82) is 0 Å². The Hall–Kier alpha value is -0.380. The van der Waals surface area contributed by atoms with E-state index in [1.807, 2.05) is 0 Å². The van der Waals surface area contributed by atoms with E-state index in [9.17, 15) is 5.11 Å². The molecule has 0 aromatic heterocycles. The Bertz CT molecular complexity index is 153. The minimum absolute atomic E-state index is 0.276. The first kappa shape index (κ1) is 11.7. The molecule has 0 aliphatic heterocycles. The van der Waals surface area contributed by atoms with E-state index in [1.165, 1.54) is 19.3 Å². The van der Waals surface area contributed by atoms with Crippen LogP contribution in [0.2, 0.25) is 0 Å². The van der Waals surface area contributed by atoms with Gasteiger partial charge in [-0.15, -0.1) is 6.58 Å². The second-order valence-electron chi connectivity index (χ2n) is 3.67. The van der Waals surface area contributed by atoms with Gasteiger partial charge in [0.2, 0.25) is 0 Å². The second-order valence-corrected chi connectivity index (χ2v) is 3.67. The lowest BCUT2D eigenvalue weighted by atomic mass is 9.98. The van der Waals surface area contributed by atoms with Crippen LogP contribution in [0.3, 0.4) is 0 Å². The summed E-state index contributed by atoms with van der Waals surface area (Å²) in [6.45, 7) is 4.15. The molecule has 1 fully saturated rings. The second kappa shape index (κ2) is 6.98. The number of rotatable bonds is 6. The quantitative estimate of drug-likeness (QED) is 0.525. The lowest BCUT2D eigenvalue weighted by Gasteiger charge is -2.23.